The number of para-hydroxylation sites is 3. The monoisotopic (exact) mass is 474 g/mol. The Morgan fingerprint density at radius 2 is 0.656 bits per heavy atom. The van der Waals surface area contributed by atoms with Crippen LogP contribution in [-0.2, 0) is 0 Å². The Hall–Kier alpha value is -3.47. The molecule has 3 rings (SSSR count). The van der Waals surface area contributed by atoms with Gasteiger partial charge in [-0.15, -0.1) is 12.4 Å². The maximum absolute atomic E-state index is 10.3. The third-order valence-electron chi connectivity index (χ3n) is 3.40. The van der Waals surface area contributed by atoms with Crippen molar-refractivity contribution in [2.24, 2.45) is 0 Å². The maximum Gasteiger partial charge on any atom is 0.339 e. The normalized spacial score (nSPS) is 8.62. The molecule has 3 aromatic carbocycles. The van der Waals surface area contributed by atoms with Crippen LogP contribution in [0, 0.1) is 0 Å². The number of hydrogen-bond acceptors (Lipinski definition) is 6. The Kier molecular flexibility index (Phi) is 14.7. The molecular formula is C21H19ClMgO9. The zero-order chi connectivity index (χ0) is 22.7. The van der Waals surface area contributed by atoms with Crippen LogP contribution >= 0.6 is 12.4 Å². The van der Waals surface area contributed by atoms with Crippen LogP contribution in [0.3, 0.4) is 0 Å². The van der Waals surface area contributed by atoms with Crippen molar-refractivity contribution in [1.82, 2.24) is 0 Å². The lowest BCUT2D eigenvalue weighted by Crippen LogP contribution is -1.95. The summed E-state index contributed by atoms with van der Waals surface area (Å²) in [7, 11) is 0. The zero-order valence-electron chi connectivity index (χ0n) is 16.5. The van der Waals surface area contributed by atoms with Gasteiger partial charge in [-0.1, -0.05) is 36.4 Å². The van der Waals surface area contributed by atoms with Gasteiger partial charge in [0.25, 0.3) is 0 Å². The van der Waals surface area contributed by atoms with Crippen molar-refractivity contribution in [2.45, 2.75) is 0 Å². The number of benzene rings is 3. The van der Waals surface area contributed by atoms with Crippen molar-refractivity contribution >= 4 is 53.4 Å². The highest BCUT2D eigenvalue weighted by Gasteiger charge is 2.07. The molecule has 0 heterocycles. The minimum absolute atomic E-state index is 0. The first kappa shape index (κ1) is 30.7. The van der Waals surface area contributed by atoms with Gasteiger partial charge < -0.3 is 30.6 Å². The number of halogens is 1. The van der Waals surface area contributed by atoms with Crippen LogP contribution in [0.25, 0.3) is 0 Å². The molecule has 0 unspecified atom stereocenters. The van der Waals surface area contributed by atoms with Gasteiger partial charge in [-0.25, -0.2) is 14.4 Å². The highest BCUT2D eigenvalue weighted by atomic mass is 35.5. The van der Waals surface area contributed by atoms with E-state index in [4.69, 9.17) is 30.6 Å². The quantitative estimate of drug-likeness (QED) is 0.311. The van der Waals surface area contributed by atoms with E-state index in [-0.39, 0.29) is 69.4 Å². The maximum atomic E-state index is 10.3. The summed E-state index contributed by atoms with van der Waals surface area (Å²) in [5.41, 5.74) is -0.201. The van der Waals surface area contributed by atoms with E-state index in [1.54, 1.807) is 36.4 Å². The molecule has 0 aliphatic carbocycles. The zero-order valence-corrected chi connectivity index (χ0v) is 18.7. The van der Waals surface area contributed by atoms with Crippen LogP contribution in [-0.4, -0.2) is 71.6 Å². The SMILES string of the molecule is Cl.O=C(O)c1ccccc1O.O=C(O)c1ccccc1O.O=C(O)c1ccccc1O.[Mg]. The molecule has 0 spiro atoms. The highest BCUT2D eigenvalue weighted by molar-refractivity contribution is 5.91. The van der Waals surface area contributed by atoms with Gasteiger partial charge >= 0.3 is 17.9 Å². The van der Waals surface area contributed by atoms with Crippen LogP contribution in [0.4, 0.5) is 0 Å². The number of phenols is 3. The summed E-state index contributed by atoms with van der Waals surface area (Å²) in [5, 5.41) is 51.9. The Morgan fingerprint density at radius 3 is 0.781 bits per heavy atom. The first-order valence-electron chi connectivity index (χ1n) is 8.19. The van der Waals surface area contributed by atoms with Crippen LogP contribution in [0.1, 0.15) is 31.1 Å². The Morgan fingerprint density at radius 1 is 0.469 bits per heavy atom. The van der Waals surface area contributed by atoms with Crippen molar-refractivity contribution < 1.29 is 45.0 Å². The Bertz CT molecular complexity index is 909. The second kappa shape index (κ2) is 15.3. The van der Waals surface area contributed by atoms with Gasteiger partial charge in [0.15, 0.2) is 0 Å². The predicted octanol–water partition coefficient (Wildman–Crippen LogP) is 3.31. The van der Waals surface area contributed by atoms with E-state index < -0.39 is 17.9 Å². The van der Waals surface area contributed by atoms with Crippen molar-refractivity contribution in [3.05, 3.63) is 89.5 Å². The number of carboxylic acid groups (broad SMARTS) is 3. The molecule has 9 nitrogen and oxygen atoms in total. The first-order valence-corrected chi connectivity index (χ1v) is 8.19. The van der Waals surface area contributed by atoms with Gasteiger partial charge in [-0.3, -0.25) is 0 Å². The second-order valence-electron chi connectivity index (χ2n) is 5.47. The van der Waals surface area contributed by atoms with Gasteiger partial charge in [0.05, 0.1) is 0 Å². The standard InChI is InChI=1S/3C7H6O3.ClH.Mg/c3*8-6-4-2-1-3-5(6)7(9)10;;/h3*1-4,8H,(H,9,10);1H;. The summed E-state index contributed by atoms with van der Waals surface area (Å²) in [5.74, 6) is -3.94. The molecule has 0 saturated heterocycles. The van der Waals surface area contributed by atoms with Crippen molar-refractivity contribution in [1.29, 1.82) is 0 Å². The predicted molar refractivity (Wildman–Crippen MR) is 118 cm³/mol. The summed E-state index contributed by atoms with van der Waals surface area (Å²) >= 11 is 0. The average molecular weight is 475 g/mol. The summed E-state index contributed by atoms with van der Waals surface area (Å²) in [6.07, 6.45) is 0. The molecule has 0 saturated carbocycles. The summed E-state index contributed by atoms with van der Waals surface area (Å²) in [4.78, 5) is 30.8. The van der Waals surface area contributed by atoms with Crippen molar-refractivity contribution in [3.63, 3.8) is 0 Å². The number of carboxylic acids is 3. The molecule has 0 atom stereocenters. The molecule has 0 aliphatic heterocycles. The molecule has 6 N–H and O–H groups in total. The van der Waals surface area contributed by atoms with Crippen LogP contribution in [0.15, 0.2) is 72.8 Å². The Labute approximate surface area is 204 Å². The van der Waals surface area contributed by atoms with Gasteiger partial charge in [0.1, 0.15) is 33.9 Å². The third kappa shape index (κ3) is 10.0. The number of hydrogen-bond donors (Lipinski definition) is 6. The van der Waals surface area contributed by atoms with Gasteiger partial charge in [-0.2, -0.15) is 0 Å². The summed E-state index contributed by atoms with van der Waals surface area (Å²) < 4.78 is 0. The highest BCUT2D eigenvalue weighted by Crippen LogP contribution is 2.15. The van der Waals surface area contributed by atoms with Crippen molar-refractivity contribution in [2.75, 3.05) is 0 Å². The van der Waals surface area contributed by atoms with Gasteiger partial charge in [-0.05, 0) is 36.4 Å². The van der Waals surface area contributed by atoms with E-state index in [9.17, 15) is 14.4 Å². The third-order valence-corrected chi connectivity index (χ3v) is 3.40. The molecular weight excluding hydrogens is 456 g/mol. The fraction of sp³-hybridized carbons (Fsp3) is 0. The van der Waals surface area contributed by atoms with Gasteiger partial charge in [0.2, 0.25) is 0 Å². The molecule has 3 aromatic rings. The molecule has 0 bridgehead atoms. The summed E-state index contributed by atoms with van der Waals surface area (Å²) in [6, 6.07) is 17.4. The minimum atomic E-state index is -1.11. The van der Waals surface area contributed by atoms with Crippen molar-refractivity contribution in [3.8, 4) is 17.2 Å². The average Bonchev–Trinajstić information content (AvgIpc) is 2.69. The van der Waals surface area contributed by atoms with E-state index in [1.807, 2.05) is 0 Å². The minimum Gasteiger partial charge on any atom is -0.507 e. The second-order valence-corrected chi connectivity index (χ2v) is 5.47. The molecule has 32 heavy (non-hydrogen) atoms. The van der Waals surface area contributed by atoms with Crippen LogP contribution in [0.2, 0.25) is 0 Å². The topological polar surface area (TPSA) is 173 Å². The molecule has 0 fully saturated rings. The van der Waals surface area contributed by atoms with Gasteiger partial charge in [0, 0.05) is 23.1 Å². The van der Waals surface area contributed by atoms with Crippen LogP contribution in [0.5, 0.6) is 17.2 Å². The molecule has 166 valence electrons. The lowest BCUT2D eigenvalue weighted by molar-refractivity contribution is 0.0682. The Balaban J connectivity index is 0. The number of aromatic hydroxyl groups is 3. The molecule has 0 aromatic heterocycles. The molecule has 0 amide bonds. The summed E-state index contributed by atoms with van der Waals surface area (Å²) in [6.45, 7) is 0. The number of carbonyl (C=O) groups is 3. The van der Waals surface area contributed by atoms with E-state index >= 15 is 0 Å². The fourth-order valence-corrected chi connectivity index (χ4v) is 1.96. The van der Waals surface area contributed by atoms with E-state index in [1.165, 1.54) is 36.4 Å². The van der Waals surface area contributed by atoms with E-state index in [0.717, 1.165) is 0 Å². The largest absolute Gasteiger partial charge is 0.507 e. The number of rotatable bonds is 3. The van der Waals surface area contributed by atoms with E-state index in [0.29, 0.717) is 0 Å². The smallest absolute Gasteiger partial charge is 0.339 e. The molecule has 2 radical (unpaired) electrons. The molecule has 11 heteroatoms. The van der Waals surface area contributed by atoms with Crippen LogP contribution < -0.4 is 0 Å². The fourth-order valence-electron chi connectivity index (χ4n) is 1.96. The lowest BCUT2D eigenvalue weighted by atomic mass is 10.2. The van der Waals surface area contributed by atoms with E-state index in [2.05, 4.69) is 0 Å². The molecule has 0 aliphatic rings. The lowest BCUT2D eigenvalue weighted by Gasteiger charge is -1.95. The number of aromatic carboxylic acids is 3. The first-order chi connectivity index (χ1) is 14.1.